The van der Waals surface area contributed by atoms with E-state index in [9.17, 15) is 0 Å². The first-order valence-corrected chi connectivity index (χ1v) is 16.6. The van der Waals surface area contributed by atoms with Crippen molar-refractivity contribution in [1.82, 2.24) is 0 Å². The number of hydrogen-bond acceptors (Lipinski definition) is 4. The number of carbonyl (C=O) groups is 4. The minimum absolute atomic E-state index is 0.203. The Morgan fingerprint density at radius 2 is 0.540 bits per heavy atom. The van der Waals surface area contributed by atoms with Gasteiger partial charge < -0.3 is 0 Å². The zero-order chi connectivity index (χ0) is 34.2. The highest BCUT2D eigenvalue weighted by molar-refractivity contribution is 6.32. The van der Waals surface area contributed by atoms with E-state index in [1.807, 2.05) is 121 Å². The summed E-state index contributed by atoms with van der Waals surface area (Å²) in [4.78, 5) is 60.4. The molecule has 0 radical (unpaired) electrons. The van der Waals surface area contributed by atoms with Crippen LogP contribution in [0.25, 0.3) is 11.1 Å². The molecule has 0 saturated carbocycles. The van der Waals surface area contributed by atoms with E-state index in [-0.39, 0.29) is 56.5 Å². The van der Waals surface area contributed by atoms with Crippen molar-refractivity contribution in [3.63, 3.8) is 0 Å². The molecule has 4 heteroatoms. The molecule has 2 aliphatic carbocycles. The van der Waals surface area contributed by atoms with Gasteiger partial charge in [0.2, 0.25) is 0 Å². The van der Waals surface area contributed by atoms with Crippen molar-refractivity contribution < 1.29 is 19.2 Å². The third-order valence-electron chi connectivity index (χ3n) is 9.67. The predicted molar refractivity (Wildman–Crippen MR) is 195 cm³/mol. The molecule has 0 aromatic heterocycles. The highest BCUT2D eigenvalue weighted by atomic mass is 16.2. The molecule has 6 aromatic rings. The maximum absolute atomic E-state index is 15.2. The maximum atomic E-state index is 15.2. The molecular weight excluding hydrogens is 617 g/mol. The lowest BCUT2D eigenvalue weighted by molar-refractivity contribution is 0.0766. The molecule has 2 aliphatic rings. The minimum atomic E-state index is -1.30. The zero-order valence-electron chi connectivity index (χ0n) is 27.0. The number of rotatable bonds is 5. The number of benzene rings is 6. The van der Waals surface area contributed by atoms with E-state index >= 15 is 19.2 Å². The largest absolute Gasteiger partial charge is 0.293 e. The smallest absolute Gasteiger partial charge is 0.191 e. The second-order valence-corrected chi connectivity index (χ2v) is 12.5. The summed E-state index contributed by atoms with van der Waals surface area (Å²) < 4.78 is 0. The predicted octanol–water partition coefficient (Wildman–Crippen LogP) is 9.38. The third kappa shape index (κ3) is 5.10. The summed E-state index contributed by atoms with van der Waals surface area (Å²) in [7, 11) is 0. The van der Waals surface area contributed by atoms with Crippen LogP contribution in [-0.4, -0.2) is 23.1 Å². The van der Waals surface area contributed by atoms with Crippen molar-refractivity contribution in [3.8, 4) is 0 Å². The number of ketones is 4. The Balaban J connectivity index is 1.54. The minimum Gasteiger partial charge on any atom is -0.293 e. The Kier molecular flexibility index (Phi) is 7.90. The van der Waals surface area contributed by atoms with Gasteiger partial charge in [0, 0.05) is 33.4 Å². The summed E-state index contributed by atoms with van der Waals surface area (Å²) in [6, 6.07) is 51.5. The lowest BCUT2D eigenvalue weighted by Crippen LogP contribution is -2.43. The Morgan fingerprint density at radius 1 is 0.300 bits per heavy atom. The van der Waals surface area contributed by atoms with E-state index in [2.05, 4.69) is 0 Å². The second-order valence-electron chi connectivity index (χ2n) is 12.5. The van der Waals surface area contributed by atoms with Crippen LogP contribution in [0.2, 0.25) is 0 Å². The summed E-state index contributed by atoms with van der Waals surface area (Å²) in [6.07, 6.45) is 0. The highest BCUT2D eigenvalue weighted by Gasteiger charge is 2.51. The van der Waals surface area contributed by atoms with Gasteiger partial charge in [0.05, 0.1) is 11.8 Å². The fraction of sp³-hybridized carbons (Fsp3) is 0.0435. The Labute approximate surface area is 290 Å². The van der Waals surface area contributed by atoms with Crippen molar-refractivity contribution in [2.24, 2.45) is 11.8 Å². The summed E-state index contributed by atoms with van der Waals surface area (Å²) in [5.74, 6) is -4.02. The molecule has 0 bridgehead atoms. The van der Waals surface area contributed by atoms with Crippen LogP contribution in [-0.2, 0) is 0 Å². The van der Waals surface area contributed by atoms with Gasteiger partial charge in [-0.3, -0.25) is 19.2 Å². The normalized spacial score (nSPS) is 16.9. The van der Waals surface area contributed by atoms with Crippen LogP contribution >= 0.6 is 0 Å². The topological polar surface area (TPSA) is 68.3 Å². The average molecular weight is 647 g/mol. The van der Waals surface area contributed by atoms with Crippen molar-refractivity contribution in [2.45, 2.75) is 0 Å². The first kappa shape index (κ1) is 30.8. The SMILES string of the molecule is O=C1C(=C(c2ccccc2)c2ccccc2)[C@H]([C@@H]2C(=O)c3ccccc3C(=O)C2=C(c2ccccc2)c2ccccc2)C(=O)c2ccccc21. The third-order valence-corrected chi connectivity index (χ3v) is 9.67. The molecule has 0 saturated heterocycles. The molecule has 0 spiro atoms. The van der Waals surface area contributed by atoms with Gasteiger partial charge in [0.1, 0.15) is 0 Å². The van der Waals surface area contributed by atoms with Gasteiger partial charge >= 0.3 is 0 Å². The van der Waals surface area contributed by atoms with Crippen molar-refractivity contribution >= 4 is 34.3 Å². The van der Waals surface area contributed by atoms with Crippen LogP contribution in [0.1, 0.15) is 63.7 Å². The number of carbonyl (C=O) groups excluding carboxylic acids is 4. The first-order valence-electron chi connectivity index (χ1n) is 16.6. The Hall–Kier alpha value is -6.52. The standard InChI is InChI=1S/C46H30O4/c47-43-33-25-13-15-27-35(33)45(49)41(39(43)37(29-17-5-1-6-18-29)30-19-7-2-8-20-30)42-40(44(48)34-26-14-16-28-36(34)46(42)50)38(31-21-9-3-10-22-31)32-23-11-4-12-24-32/h1-28,41-42H/t41-,42-/m1/s1. The van der Waals surface area contributed by atoms with E-state index in [0.29, 0.717) is 11.1 Å². The zero-order valence-corrected chi connectivity index (χ0v) is 27.0. The summed E-state index contributed by atoms with van der Waals surface area (Å²) >= 11 is 0. The Morgan fingerprint density at radius 3 is 0.820 bits per heavy atom. The average Bonchev–Trinajstić information content (AvgIpc) is 3.18. The quantitative estimate of drug-likeness (QED) is 0.175. The summed E-state index contributed by atoms with van der Waals surface area (Å²) in [6.45, 7) is 0. The number of fused-ring (bicyclic) bond motifs is 2. The van der Waals surface area contributed by atoms with E-state index in [4.69, 9.17) is 0 Å². The van der Waals surface area contributed by atoms with Crippen molar-refractivity contribution in [3.05, 3.63) is 226 Å². The lowest BCUT2D eigenvalue weighted by Gasteiger charge is -2.37. The van der Waals surface area contributed by atoms with E-state index in [1.165, 1.54) is 0 Å². The molecule has 0 N–H and O–H groups in total. The van der Waals surface area contributed by atoms with Crippen LogP contribution in [0.5, 0.6) is 0 Å². The second kappa shape index (κ2) is 12.8. The maximum Gasteiger partial charge on any atom is 0.191 e. The Bertz CT molecular complexity index is 2120. The molecule has 50 heavy (non-hydrogen) atoms. The lowest BCUT2D eigenvalue weighted by atomic mass is 9.61. The molecule has 0 aliphatic heterocycles. The van der Waals surface area contributed by atoms with Crippen LogP contribution in [0.3, 0.4) is 0 Å². The monoisotopic (exact) mass is 646 g/mol. The van der Waals surface area contributed by atoms with Crippen molar-refractivity contribution in [2.75, 3.05) is 0 Å². The van der Waals surface area contributed by atoms with Gasteiger partial charge in [0.15, 0.2) is 23.1 Å². The fourth-order valence-corrected chi connectivity index (χ4v) is 7.51. The molecular formula is C46H30O4. The number of allylic oxidation sites excluding steroid dienone is 2. The van der Waals surface area contributed by atoms with E-state index in [1.54, 1.807) is 48.5 Å². The molecule has 0 heterocycles. The molecule has 0 amide bonds. The summed E-state index contributed by atoms with van der Waals surface area (Å²) in [5.41, 5.74) is 5.47. The van der Waals surface area contributed by atoms with Gasteiger partial charge in [-0.25, -0.2) is 0 Å². The summed E-state index contributed by atoms with van der Waals surface area (Å²) in [5, 5.41) is 0. The highest BCUT2D eigenvalue weighted by Crippen LogP contribution is 2.48. The van der Waals surface area contributed by atoms with Crippen LogP contribution in [0, 0.1) is 11.8 Å². The fourth-order valence-electron chi connectivity index (χ4n) is 7.51. The molecule has 238 valence electrons. The van der Waals surface area contributed by atoms with Crippen LogP contribution in [0.4, 0.5) is 0 Å². The molecule has 0 unspecified atom stereocenters. The number of Topliss-reactive ketones (excluding diaryl/α,β-unsaturated/α-hetero) is 4. The van der Waals surface area contributed by atoms with E-state index in [0.717, 1.165) is 22.3 Å². The van der Waals surface area contributed by atoms with Crippen molar-refractivity contribution in [1.29, 1.82) is 0 Å². The van der Waals surface area contributed by atoms with Gasteiger partial charge in [-0.1, -0.05) is 170 Å². The molecule has 0 fully saturated rings. The van der Waals surface area contributed by atoms with Gasteiger partial charge in [-0.15, -0.1) is 0 Å². The van der Waals surface area contributed by atoms with Gasteiger partial charge in [-0.2, -0.15) is 0 Å². The molecule has 4 nitrogen and oxygen atoms in total. The first-order chi connectivity index (χ1) is 24.5. The van der Waals surface area contributed by atoms with E-state index < -0.39 is 11.8 Å². The van der Waals surface area contributed by atoms with Crippen LogP contribution < -0.4 is 0 Å². The number of hydrogen-bond donors (Lipinski definition) is 0. The van der Waals surface area contributed by atoms with Crippen LogP contribution in [0.15, 0.2) is 181 Å². The molecule has 8 rings (SSSR count). The molecule has 6 aromatic carbocycles. The van der Waals surface area contributed by atoms with Gasteiger partial charge in [-0.05, 0) is 33.4 Å². The molecule has 2 atom stereocenters. The van der Waals surface area contributed by atoms with Gasteiger partial charge in [0.25, 0.3) is 0 Å².